The average Bonchev–Trinajstić information content (AvgIpc) is 3.34. The second kappa shape index (κ2) is 7.44. The summed E-state index contributed by atoms with van der Waals surface area (Å²) in [4.78, 5) is 26.7. The number of carbonyl (C=O) groups excluding carboxylic acids is 2. The van der Waals surface area contributed by atoms with E-state index in [2.05, 4.69) is 5.32 Å². The SMILES string of the molecule is CCOCC(=O)N1C[C@@H]2[C@H](CNC(=O)c3cccc(C)c3F)[C@H]3CC[C@]2(C1)O3. The number of rotatable bonds is 6. The Labute approximate surface area is 164 Å². The number of aryl methyl sites for hydroxylation is 1. The lowest BCUT2D eigenvalue weighted by atomic mass is 9.73. The van der Waals surface area contributed by atoms with E-state index in [9.17, 15) is 14.0 Å². The molecule has 7 heteroatoms. The summed E-state index contributed by atoms with van der Waals surface area (Å²) in [5.41, 5.74) is 0.226. The van der Waals surface area contributed by atoms with Gasteiger partial charge < -0.3 is 19.7 Å². The molecule has 1 N–H and O–H groups in total. The maximum atomic E-state index is 14.2. The number of amides is 2. The van der Waals surface area contributed by atoms with Gasteiger partial charge in [-0.25, -0.2) is 4.39 Å². The van der Waals surface area contributed by atoms with Gasteiger partial charge in [-0.15, -0.1) is 0 Å². The number of ether oxygens (including phenoxy) is 2. The number of nitrogens with zero attached hydrogens (tertiary/aromatic N) is 1. The van der Waals surface area contributed by atoms with E-state index < -0.39 is 11.7 Å². The van der Waals surface area contributed by atoms with E-state index >= 15 is 0 Å². The van der Waals surface area contributed by atoms with Gasteiger partial charge in [-0.3, -0.25) is 9.59 Å². The first-order chi connectivity index (χ1) is 13.4. The van der Waals surface area contributed by atoms with Crippen molar-refractivity contribution in [2.75, 3.05) is 32.8 Å². The summed E-state index contributed by atoms with van der Waals surface area (Å²) in [7, 11) is 0. The monoisotopic (exact) mass is 390 g/mol. The lowest BCUT2D eigenvalue weighted by Gasteiger charge is -2.29. The molecule has 3 saturated heterocycles. The molecular formula is C21H27FN2O4. The van der Waals surface area contributed by atoms with Crippen LogP contribution >= 0.6 is 0 Å². The first kappa shape index (κ1) is 19.3. The van der Waals surface area contributed by atoms with Crippen LogP contribution in [0.1, 0.15) is 35.7 Å². The van der Waals surface area contributed by atoms with Crippen molar-refractivity contribution in [2.45, 2.75) is 38.4 Å². The molecule has 3 aliphatic heterocycles. The fourth-order valence-electron chi connectivity index (χ4n) is 5.06. The number of halogens is 1. The van der Waals surface area contributed by atoms with Crippen molar-refractivity contribution >= 4 is 11.8 Å². The Morgan fingerprint density at radius 2 is 2.25 bits per heavy atom. The molecule has 3 heterocycles. The second-order valence-electron chi connectivity index (χ2n) is 8.09. The van der Waals surface area contributed by atoms with Crippen LogP contribution in [0.15, 0.2) is 18.2 Å². The summed E-state index contributed by atoms with van der Waals surface area (Å²) in [5, 5.41) is 2.89. The average molecular weight is 390 g/mol. The molecule has 0 aromatic heterocycles. The third-order valence-electron chi connectivity index (χ3n) is 6.50. The molecule has 152 valence electrons. The molecule has 3 aliphatic rings. The summed E-state index contributed by atoms with van der Waals surface area (Å²) in [6.45, 7) is 5.76. The predicted molar refractivity (Wildman–Crippen MR) is 100 cm³/mol. The molecule has 6 nitrogen and oxygen atoms in total. The second-order valence-corrected chi connectivity index (χ2v) is 8.09. The van der Waals surface area contributed by atoms with E-state index in [-0.39, 0.29) is 41.6 Å². The third kappa shape index (κ3) is 3.20. The molecule has 1 aromatic rings. The van der Waals surface area contributed by atoms with E-state index in [1.807, 2.05) is 11.8 Å². The standard InChI is InChI=1S/C21H27FN2O4/c1-3-27-11-18(25)24-10-16-15(17-7-8-21(16,12-24)28-17)9-23-20(26)14-6-4-5-13(2)19(14)22/h4-6,15-17H,3,7-12H2,1-2H3,(H,23,26)/t15-,16+,17+,21+/m0/s1. The predicted octanol–water partition coefficient (Wildman–Crippen LogP) is 1.91. The highest BCUT2D eigenvalue weighted by atomic mass is 19.1. The quantitative estimate of drug-likeness (QED) is 0.806. The van der Waals surface area contributed by atoms with E-state index in [1.165, 1.54) is 6.07 Å². The summed E-state index contributed by atoms with van der Waals surface area (Å²) in [5.74, 6) is -0.563. The van der Waals surface area contributed by atoms with Crippen LogP contribution in [0.3, 0.4) is 0 Å². The van der Waals surface area contributed by atoms with E-state index in [0.29, 0.717) is 31.8 Å². The highest BCUT2D eigenvalue weighted by Gasteiger charge is 2.63. The van der Waals surface area contributed by atoms with Gasteiger partial charge in [0.25, 0.3) is 5.91 Å². The van der Waals surface area contributed by atoms with Gasteiger partial charge in [-0.05, 0) is 38.3 Å². The largest absolute Gasteiger partial charge is 0.372 e. The molecule has 0 saturated carbocycles. The highest BCUT2D eigenvalue weighted by molar-refractivity contribution is 5.94. The molecule has 1 aromatic carbocycles. The van der Waals surface area contributed by atoms with Gasteiger partial charge in [0.2, 0.25) is 5.91 Å². The van der Waals surface area contributed by atoms with Crippen molar-refractivity contribution in [3.63, 3.8) is 0 Å². The topological polar surface area (TPSA) is 67.9 Å². The lowest BCUT2D eigenvalue weighted by Crippen LogP contribution is -2.42. The number of carbonyl (C=O) groups is 2. The third-order valence-corrected chi connectivity index (χ3v) is 6.50. The normalized spacial score (nSPS) is 30.5. The molecule has 2 amide bonds. The van der Waals surface area contributed by atoms with Gasteiger partial charge >= 0.3 is 0 Å². The smallest absolute Gasteiger partial charge is 0.254 e. The van der Waals surface area contributed by atoms with Gasteiger partial charge in [-0.2, -0.15) is 0 Å². The van der Waals surface area contributed by atoms with Crippen molar-refractivity contribution < 1.29 is 23.5 Å². The van der Waals surface area contributed by atoms with Crippen LogP contribution in [0.5, 0.6) is 0 Å². The zero-order valence-corrected chi connectivity index (χ0v) is 16.4. The number of hydrogen-bond acceptors (Lipinski definition) is 4. The zero-order valence-electron chi connectivity index (χ0n) is 16.4. The van der Waals surface area contributed by atoms with Gasteiger partial charge in [0.1, 0.15) is 12.4 Å². The number of nitrogens with one attached hydrogen (secondary N) is 1. The van der Waals surface area contributed by atoms with Crippen LogP contribution in [-0.2, 0) is 14.3 Å². The van der Waals surface area contributed by atoms with Crippen LogP contribution < -0.4 is 5.32 Å². The van der Waals surface area contributed by atoms with E-state index in [4.69, 9.17) is 9.47 Å². The van der Waals surface area contributed by atoms with Crippen LogP contribution in [0.25, 0.3) is 0 Å². The van der Waals surface area contributed by atoms with Crippen LogP contribution in [0.4, 0.5) is 4.39 Å². The Kier molecular flexibility index (Phi) is 5.14. The first-order valence-electron chi connectivity index (χ1n) is 10.0. The first-order valence-corrected chi connectivity index (χ1v) is 10.0. The molecule has 2 bridgehead atoms. The van der Waals surface area contributed by atoms with E-state index in [1.54, 1.807) is 19.1 Å². The zero-order chi connectivity index (χ0) is 19.9. The number of benzene rings is 1. The van der Waals surface area contributed by atoms with E-state index in [0.717, 1.165) is 12.8 Å². The van der Waals surface area contributed by atoms with Crippen LogP contribution in [0.2, 0.25) is 0 Å². The Bertz CT molecular complexity index is 786. The van der Waals surface area contributed by atoms with Crippen molar-refractivity contribution in [1.82, 2.24) is 10.2 Å². The molecule has 4 atom stereocenters. The molecule has 0 aliphatic carbocycles. The number of fused-ring (bicyclic) bond motifs is 1. The highest BCUT2D eigenvalue weighted by Crippen LogP contribution is 2.54. The molecule has 0 unspecified atom stereocenters. The van der Waals surface area contributed by atoms with Gasteiger partial charge in [0.15, 0.2) is 0 Å². The molecule has 28 heavy (non-hydrogen) atoms. The van der Waals surface area contributed by atoms with Crippen molar-refractivity contribution in [3.8, 4) is 0 Å². The Morgan fingerprint density at radius 3 is 3.04 bits per heavy atom. The summed E-state index contributed by atoms with van der Waals surface area (Å²) >= 11 is 0. The lowest BCUT2D eigenvalue weighted by molar-refractivity contribution is -0.136. The molecule has 1 spiro atoms. The van der Waals surface area contributed by atoms with Crippen LogP contribution in [0, 0.1) is 24.6 Å². The van der Waals surface area contributed by atoms with Gasteiger partial charge in [-0.1, -0.05) is 12.1 Å². The van der Waals surface area contributed by atoms with Gasteiger partial charge in [0.05, 0.1) is 23.8 Å². The number of likely N-dealkylation sites (tertiary alicyclic amines) is 1. The Morgan fingerprint density at radius 1 is 1.43 bits per heavy atom. The summed E-state index contributed by atoms with van der Waals surface area (Å²) in [6, 6.07) is 4.83. The van der Waals surface area contributed by atoms with Crippen molar-refractivity contribution in [2.24, 2.45) is 11.8 Å². The fraction of sp³-hybridized carbons (Fsp3) is 0.619. The van der Waals surface area contributed by atoms with Crippen LogP contribution in [-0.4, -0.2) is 61.3 Å². The van der Waals surface area contributed by atoms with Crippen molar-refractivity contribution in [1.29, 1.82) is 0 Å². The molecule has 0 radical (unpaired) electrons. The Balaban J connectivity index is 1.41. The summed E-state index contributed by atoms with van der Waals surface area (Å²) in [6.07, 6.45) is 1.97. The van der Waals surface area contributed by atoms with Crippen molar-refractivity contribution in [3.05, 3.63) is 35.1 Å². The maximum Gasteiger partial charge on any atom is 0.254 e. The minimum absolute atomic E-state index is 0.0118. The molecule has 3 fully saturated rings. The summed E-state index contributed by atoms with van der Waals surface area (Å²) < 4.78 is 25.8. The molecule has 4 rings (SSSR count). The number of hydrogen-bond donors (Lipinski definition) is 1. The Hall–Kier alpha value is -1.99. The minimum atomic E-state index is -0.478. The minimum Gasteiger partial charge on any atom is -0.372 e. The molecular weight excluding hydrogens is 363 g/mol. The van der Waals surface area contributed by atoms with Gasteiger partial charge in [0, 0.05) is 31.5 Å². The fourth-order valence-corrected chi connectivity index (χ4v) is 5.06. The maximum absolute atomic E-state index is 14.2.